The lowest BCUT2D eigenvalue weighted by atomic mass is 10.1. The first-order chi connectivity index (χ1) is 8.00. The van der Waals surface area contributed by atoms with Gasteiger partial charge in [0.1, 0.15) is 0 Å². The fourth-order valence-electron chi connectivity index (χ4n) is 1.48. The number of rotatable bonds is 5. The van der Waals surface area contributed by atoms with E-state index in [4.69, 9.17) is 11.6 Å². The number of amides is 1. The summed E-state index contributed by atoms with van der Waals surface area (Å²) in [6.07, 6.45) is 2.00. The van der Waals surface area contributed by atoms with Gasteiger partial charge in [0.25, 0.3) is 5.91 Å². The number of nitrogens with one attached hydrogen (secondary N) is 1. The Kier molecular flexibility index (Phi) is 6.00. The third kappa shape index (κ3) is 5.09. The first-order valence-corrected chi connectivity index (χ1v) is 6.98. The highest BCUT2D eigenvalue weighted by Crippen LogP contribution is 2.17. The second-order valence-electron chi connectivity index (χ2n) is 4.16. The normalized spacial score (nSPS) is 12.2. The SMILES string of the molecule is Cc1ccc(C(=O)NCCCC(C)Br)c(Cl)c1. The second kappa shape index (κ2) is 7.02. The second-order valence-corrected chi connectivity index (χ2v) is 6.13. The summed E-state index contributed by atoms with van der Waals surface area (Å²) in [6.45, 7) is 4.72. The van der Waals surface area contributed by atoms with Crippen LogP contribution in [0.1, 0.15) is 35.7 Å². The lowest BCUT2D eigenvalue weighted by Crippen LogP contribution is -2.25. The van der Waals surface area contributed by atoms with E-state index in [1.54, 1.807) is 12.1 Å². The molecule has 0 aliphatic heterocycles. The minimum Gasteiger partial charge on any atom is -0.352 e. The number of alkyl halides is 1. The molecule has 0 aliphatic carbocycles. The van der Waals surface area contributed by atoms with E-state index in [0.29, 0.717) is 22.0 Å². The van der Waals surface area contributed by atoms with Crippen molar-refractivity contribution in [2.24, 2.45) is 0 Å². The Labute approximate surface area is 116 Å². The summed E-state index contributed by atoms with van der Waals surface area (Å²) < 4.78 is 0. The predicted molar refractivity (Wildman–Crippen MR) is 76.1 cm³/mol. The lowest BCUT2D eigenvalue weighted by Gasteiger charge is -2.08. The maximum absolute atomic E-state index is 11.8. The van der Waals surface area contributed by atoms with Gasteiger partial charge in [0.2, 0.25) is 0 Å². The van der Waals surface area contributed by atoms with Crippen LogP contribution in [-0.2, 0) is 0 Å². The first-order valence-electron chi connectivity index (χ1n) is 5.69. The van der Waals surface area contributed by atoms with Crippen LogP contribution in [0.4, 0.5) is 0 Å². The van der Waals surface area contributed by atoms with Gasteiger partial charge in [-0.25, -0.2) is 0 Å². The van der Waals surface area contributed by atoms with Crippen molar-refractivity contribution in [2.75, 3.05) is 6.54 Å². The number of hydrogen-bond donors (Lipinski definition) is 1. The molecule has 0 aromatic heterocycles. The molecule has 1 rings (SSSR count). The average Bonchev–Trinajstić information content (AvgIpc) is 2.23. The maximum atomic E-state index is 11.8. The predicted octanol–water partition coefficient (Wildman–Crippen LogP) is 3.94. The van der Waals surface area contributed by atoms with Crippen LogP contribution in [0.15, 0.2) is 18.2 Å². The van der Waals surface area contributed by atoms with Crippen molar-refractivity contribution in [1.82, 2.24) is 5.32 Å². The van der Waals surface area contributed by atoms with Gasteiger partial charge in [0, 0.05) is 11.4 Å². The quantitative estimate of drug-likeness (QED) is 0.646. The molecular weight excluding hydrogens is 302 g/mol. The van der Waals surface area contributed by atoms with Gasteiger partial charge >= 0.3 is 0 Å². The Balaban J connectivity index is 2.47. The van der Waals surface area contributed by atoms with Crippen LogP contribution in [0.3, 0.4) is 0 Å². The van der Waals surface area contributed by atoms with Crippen molar-refractivity contribution in [2.45, 2.75) is 31.5 Å². The smallest absolute Gasteiger partial charge is 0.252 e. The van der Waals surface area contributed by atoms with E-state index < -0.39 is 0 Å². The number of aryl methyl sites for hydroxylation is 1. The van der Waals surface area contributed by atoms with E-state index in [0.717, 1.165) is 18.4 Å². The van der Waals surface area contributed by atoms with Crippen molar-refractivity contribution in [3.63, 3.8) is 0 Å². The summed E-state index contributed by atoms with van der Waals surface area (Å²) in [4.78, 5) is 12.3. The molecule has 1 unspecified atom stereocenters. The molecule has 1 amide bonds. The molecule has 0 saturated heterocycles. The Morgan fingerprint density at radius 1 is 1.53 bits per heavy atom. The van der Waals surface area contributed by atoms with E-state index in [9.17, 15) is 4.79 Å². The monoisotopic (exact) mass is 317 g/mol. The molecule has 0 spiro atoms. The highest BCUT2D eigenvalue weighted by Gasteiger charge is 2.09. The topological polar surface area (TPSA) is 29.1 Å². The Morgan fingerprint density at radius 3 is 2.82 bits per heavy atom. The molecule has 0 heterocycles. The zero-order chi connectivity index (χ0) is 12.8. The van der Waals surface area contributed by atoms with E-state index >= 15 is 0 Å². The molecule has 0 saturated carbocycles. The van der Waals surface area contributed by atoms with Crippen LogP contribution in [0.2, 0.25) is 5.02 Å². The summed E-state index contributed by atoms with van der Waals surface area (Å²) in [5.74, 6) is -0.0998. The minimum atomic E-state index is -0.0998. The zero-order valence-electron chi connectivity index (χ0n) is 10.1. The maximum Gasteiger partial charge on any atom is 0.252 e. The molecule has 0 bridgehead atoms. The summed E-state index contributed by atoms with van der Waals surface area (Å²) >= 11 is 9.49. The molecule has 1 N–H and O–H groups in total. The van der Waals surface area contributed by atoms with Gasteiger partial charge in [-0.1, -0.05) is 40.5 Å². The molecule has 2 nitrogen and oxygen atoms in total. The Morgan fingerprint density at radius 2 is 2.24 bits per heavy atom. The standard InChI is InChI=1S/C13H17BrClNO/c1-9-5-6-11(12(15)8-9)13(17)16-7-3-4-10(2)14/h5-6,8,10H,3-4,7H2,1-2H3,(H,16,17). The van der Waals surface area contributed by atoms with Crippen LogP contribution in [0.25, 0.3) is 0 Å². The molecule has 1 aromatic carbocycles. The summed E-state index contributed by atoms with van der Waals surface area (Å²) in [6, 6.07) is 5.46. The molecule has 17 heavy (non-hydrogen) atoms. The fraction of sp³-hybridized carbons (Fsp3) is 0.462. The van der Waals surface area contributed by atoms with Crippen molar-refractivity contribution >= 4 is 33.4 Å². The molecule has 94 valence electrons. The van der Waals surface area contributed by atoms with Crippen LogP contribution in [0.5, 0.6) is 0 Å². The van der Waals surface area contributed by atoms with E-state index in [-0.39, 0.29) is 5.91 Å². The van der Waals surface area contributed by atoms with Crippen molar-refractivity contribution in [3.05, 3.63) is 34.3 Å². The summed E-state index contributed by atoms with van der Waals surface area (Å²) in [5.41, 5.74) is 1.60. The van der Waals surface area contributed by atoms with Gasteiger partial charge in [-0.15, -0.1) is 0 Å². The van der Waals surface area contributed by atoms with E-state index in [1.165, 1.54) is 0 Å². The molecular formula is C13H17BrClNO. The zero-order valence-corrected chi connectivity index (χ0v) is 12.4. The van der Waals surface area contributed by atoms with Crippen LogP contribution >= 0.6 is 27.5 Å². The number of carbonyl (C=O) groups excluding carboxylic acids is 1. The van der Waals surface area contributed by atoms with Gasteiger partial charge in [-0.3, -0.25) is 4.79 Å². The van der Waals surface area contributed by atoms with Gasteiger partial charge in [-0.05, 0) is 37.5 Å². The van der Waals surface area contributed by atoms with Gasteiger partial charge in [0.15, 0.2) is 0 Å². The lowest BCUT2D eigenvalue weighted by molar-refractivity contribution is 0.0953. The third-order valence-electron chi connectivity index (χ3n) is 2.43. The molecule has 0 aliphatic rings. The van der Waals surface area contributed by atoms with Crippen molar-refractivity contribution in [1.29, 1.82) is 0 Å². The number of carbonyl (C=O) groups is 1. The highest BCUT2D eigenvalue weighted by molar-refractivity contribution is 9.09. The van der Waals surface area contributed by atoms with E-state index in [1.807, 2.05) is 13.0 Å². The largest absolute Gasteiger partial charge is 0.352 e. The Bertz CT molecular complexity index is 393. The summed E-state index contributed by atoms with van der Waals surface area (Å²) in [5, 5.41) is 3.38. The van der Waals surface area contributed by atoms with Gasteiger partial charge in [-0.2, -0.15) is 0 Å². The molecule has 0 fully saturated rings. The number of benzene rings is 1. The van der Waals surface area contributed by atoms with Crippen molar-refractivity contribution < 1.29 is 4.79 Å². The minimum absolute atomic E-state index is 0.0998. The molecule has 1 aromatic rings. The molecule has 0 radical (unpaired) electrons. The average molecular weight is 319 g/mol. The fourth-order valence-corrected chi connectivity index (χ4v) is 2.13. The highest BCUT2D eigenvalue weighted by atomic mass is 79.9. The van der Waals surface area contributed by atoms with Crippen LogP contribution < -0.4 is 5.32 Å². The number of halogens is 2. The van der Waals surface area contributed by atoms with Crippen LogP contribution in [0, 0.1) is 6.92 Å². The molecule has 1 atom stereocenters. The summed E-state index contributed by atoms with van der Waals surface area (Å²) in [7, 11) is 0. The first kappa shape index (κ1) is 14.5. The third-order valence-corrected chi connectivity index (χ3v) is 3.20. The van der Waals surface area contributed by atoms with Gasteiger partial charge in [0.05, 0.1) is 10.6 Å². The number of hydrogen-bond acceptors (Lipinski definition) is 1. The van der Waals surface area contributed by atoms with Gasteiger partial charge < -0.3 is 5.32 Å². The molecule has 4 heteroatoms. The van der Waals surface area contributed by atoms with E-state index in [2.05, 4.69) is 28.2 Å². The Hall–Kier alpha value is -0.540. The van der Waals surface area contributed by atoms with Crippen molar-refractivity contribution in [3.8, 4) is 0 Å². The van der Waals surface area contributed by atoms with Crippen LogP contribution in [-0.4, -0.2) is 17.3 Å².